The van der Waals surface area contributed by atoms with E-state index in [-0.39, 0.29) is 24.5 Å². The van der Waals surface area contributed by atoms with Crippen LogP contribution < -0.4 is 0 Å². The van der Waals surface area contributed by atoms with E-state index in [9.17, 15) is 14.4 Å². The summed E-state index contributed by atoms with van der Waals surface area (Å²) in [7, 11) is 0. The topological polar surface area (TPSA) is 91.7 Å². The molecule has 0 spiro atoms. The van der Waals surface area contributed by atoms with Gasteiger partial charge in [0.15, 0.2) is 5.78 Å². The van der Waals surface area contributed by atoms with Gasteiger partial charge in [-0.25, -0.2) is 0 Å². The summed E-state index contributed by atoms with van der Waals surface area (Å²) in [6, 6.07) is 0. The Morgan fingerprint density at radius 2 is 1.62 bits per heavy atom. The number of unbranched alkanes of at least 4 members (excludes halogenated alkanes) is 2. The van der Waals surface area contributed by atoms with Crippen molar-refractivity contribution in [3.05, 3.63) is 48.1 Å². The molecule has 0 amide bonds. The van der Waals surface area contributed by atoms with Crippen molar-refractivity contribution in [2.24, 2.45) is 5.92 Å². The average molecular weight is 332 g/mol. The zero-order chi connectivity index (χ0) is 17.8. The fourth-order valence-electron chi connectivity index (χ4n) is 2.37. The molecule has 1 aliphatic carbocycles. The van der Waals surface area contributed by atoms with Gasteiger partial charge >= 0.3 is 11.9 Å². The van der Waals surface area contributed by atoms with Gasteiger partial charge in [0, 0.05) is 24.3 Å². The Balaban J connectivity index is 2.39. The van der Waals surface area contributed by atoms with Gasteiger partial charge in [0.1, 0.15) is 0 Å². The second-order valence-electron chi connectivity index (χ2n) is 5.66. The van der Waals surface area contributed by atoms with Gasteiger partial charge in [-0.2, -0.15) is 0 Å². The number of ketones is 1. The van der Waals surface area contributed by atoms with Gasteiger partial charge in [-0.3, -0.25) is 14.4 Å². The molecule has 0 aromatic rings. The lowest BCUT2D eigenvalue weighted by molar-refractivity contribution is -0.138. The van der Waals surface area contributed by atoms with Crippen molar-refractivity contribution in [1.29, 1.82) is 0 Å². The van der Waals surface area contributed by atoms with Crippen LogP contribution in [-0.2, 0) is 14.4 Å². The molecule has 0 heterocycles. The van der Waals surface area contributed by atoms with Gasteiger partial charge in [0.05, 0.1) is 0 Å². The average Bonchev–Trinajstić information content (AvgIpc) is 2.86. The van der Waals surface area contributed by atoms with Crippen LogP contribution in [0.1, 0.15) is 44.9 Å². The monoisotopic (exact) mass is 332 g/mol. The maximum atomic E-state index is 11.8. The number of carboxylic acid groups (broad SMARTS) is 2. The van der Waals surface area contributed by atoms with Crippen molar-refractivity contribution in [3.63, 3.8) is 0 Å². The van der Waals surface area contributed by atoms with Gasteiger partial charge in [0.25, 0.3) is 0 Å². The molecule has 1 rings (SSSR count). The highest BCUT2D eigenvalue weighted by molar-refractivity contribution is 6.07. The summed E-state index contributed by atoms with van der Waals surface area (Å²) in [5, 5.41) is 17.1. The van der Waals surface area contributed by atoms with Crippen LogP contribution in [0, 0.1) is 5.92 Å². The molecule has 24 heavy (non-hydrogen) atoms. The first-order valence-electron chi connectivity index (χ1n) is 8.18. The lowest BCUT2D eigenvalue weighted by atomic mass is 9.97. The van der Waals surface area contributed by atoms with Crippen molar-refractivity contribution in [2.45, 2.75) is 44.9 Å². The molecule has 0 aliphatic heterocycles. The fourth-order valence-corrected chi connectivity index (χ4v) is 2.37. The van der Waals surface area contributed by atoms with Gasteiger partial charge < -0.3 is 10.2 Å². The van der Waals surface area contributed by atoms with E-state index < -0.39 is 11.9 Å². The van der Waals surface area contributed by atoms with Gasteiger partial charge in [-0.1, -0.05) is 36.5 Å². The first-order valence-corrected chi connectivity index (χ1v) is 8.18. The summed E-state index contributed by atoms with van der Waals surface area (Å²) < 4.78 is 0. The summed E-state index contributed by atoms with van der Waals surface area (Å²) >= 11 is 0. The van der Waals surface area contributed by atoms with Crippen LogP contribution in [-0.4, -0.2) is 27.9 Å². The fraction of sp³-hybridized carbons (Fsp3) is 0.421. The standard InChI is InChI=1S/C19H24O5/c20-17-14-13-15(9-5-1-3-7-11-18(21)22)16(17)10-6-2-4-8-12-19(23)24/h1-2,5-6,10,13-15H,3-4,7-9,11-12H2,(H,21,22)(H,23,24)/b5-1+,6-2+,16-10+/t15-/m1/s1. The molecular formula is C19H24O5. The molecule has 130 valence electrons. The van der Waals surface area contributed by atoms with Crippen LogP contribution >= 0.6 is 0 Å². The van der Waals surface area contributed by atoms with Crippen molar-refractivity contribution < 1.29 is 24.6 Å². The Morgan fingerprint density at radius 1 is 1.00 bits per heavy atom. The highest BCUT2D eigenvalue weighted by Crippen LogP contribution is 2.25. The lowest BCUT2D eigenvalue weighted by Gasteiger charge is -2.06. The Kier molecular flexibility index (Phi) is 9.12. The van der Waals surface area contributed by atoms with Crippen molar-refractivity contribution in [3.8, 4) is 0 Å². The minimum Gasteiger partial charge on any atom is -0.481 e. The van der Waals surface area contributed by atoms with Crippen LogP contribution in [0.5, 0.6) is 0 Å². The van der Waals surface area contributed by atoms with Crippen LogP contribution in [0.2, 0.25) is 0 Å². The quantitative estimate of drug-likeness (QED) is 0.342. The molecule has 0 fully saturated rings. The smallest absolute Gasteiger partial charge is 0.303 e. The number of allylic oxidation sites excluding steroid dienone is 8. The molecule has 0 saturated heterocycles. The molecule has 1 atom stereocenters. The number of hydrogen-bond donors (Lipinski definition) is 2. The molecule has 0 bridgehead atoms. The number of carbonyl (C=O) groups excluding carboxylic acids is 1. The van der Waals surface area contributed by atoms with E-state index >= 15 is 0 Å². The molecule has 0 aromatic heterocycles. The number of hydrogen-bond acceptors (Lipinski definition) is 3. The van der Waals surface area contributed by atoms with Crippen LogP contribution in [0.4, 0.5) is 0 Å². The van der Waals surface area contributed by atoms with Crippen LogP contribution in [0.25, 0.3) is 0 Å². The summed E-state index contributed by atoms with van der Waals surface area (Å²) in [5.41, 5.74) is 0.736. The SMILES string of the molecule is O=C(O)CCC/C=C/C=C1/C(=O)C=C[C@H]1C/C=C/CCCC(=O)O. The Morgan fingerprint density at radius 3 is 2.25 bits per heavy atom. The van der Waals surface area contributed by atoms with Crippen molar-refractivity contribution >= 4 is 17.7 Å². The van der Waals surface area contributed by atoms with E-state index in [4.69, 9.17) is 10.2 Å². The molecule has 2 N–H and O–H groups in total. The summed E-state index contributed by atoms with van der Waals surface area (Å²) in [4.78, 5) is 32.7. The Bertz CT molecular complexity index is 566. The zero-order valence-electron chi connectivity index (χ0n) is 13.7. The minimum absolute atomic E-state index is 0.00876. The van der Waals surface area contributed by atoms with E-state index in [1.54, 1.807) is 12.2 Å². The second kappa shape index (κ2) is 11.2. The first kappa shape index (κ1) is 19.6. The maximum Gasteiger partial charge on any atom is 0.303 e. The summed E-state index contributed by atoms with van der Waals surface area (Å²) in [5.74, 6) is -1.52. The Labute approximate surface area is 142 Å². The van der Waals surface area contributed by atoms with Crippen LogP contribution in [0.3, 0.4) is 0 Å². The third-order valence-electron chi connectivity index (χ3n) is 3.66. The first-order chi connectivity index (χ1) is 11.5. The number of rotatable bonds is 11. The van der Waals surface area contributed by atoms with Gasteiger partial charge in [-0.05, 0) is 38.2 Å². The third-order valence-corrected chi connectivity index (χ3v) is 3.66. The number of carboxylic acids is 2. The predicted molar refractivity (Wildman–Crippen MR) is 91.6 cm³/mol. The molecule has 0 unspecified atom stereocenters. The van der Waals surface area contributed by atoms with E-state index in [1.165, 1.54) is 0 Å². The van der Waals surface area contributed by atoms with E-state index in [2.05, 4.69) is 0 Å². The van der Waals surface area contributed by atoms with Crippen molar-refractivity contribution in [1.82, 2.24) is 0 Å². The Hall–Kier alpha value is -2.43. The van der Waals surface area contributed by atoms with E-state index in [1.807, 2.05) is 30.4 Å². The number of aliphatic carboxylic acids is 2. The van der Waals surface area contributed by atoms with Crippen molar-refractivity contribution in [2.75, 3.05) is 0 Å². The van der Waals surface area contributed by atoms with E-state index in [0.717, 1.165) is 12.0 Å². The second-order valence-corrected chi connectivity index (χ2v) is 5.66. The summed E-state index contributed by atoms with van der Waals surface area (Å²) in [6.45, 7) is 0. The molecule has 0 saturated carbocycles. The normalized spacial score (nSPS) is 19.1. The molecule has 0 radical (unpaired) electrons. The molecule has 5 nitrogen and oxygen atoms in total. The van der Waals surface area contributed by atoms with Crippen LogP contribution in [0.15, 0.2) is 48.1 Å². The maximum absolute atomic E-state index is 11.8. The molecule has 0 aromatic carbocycles. The van der Waals surface area contributed by atoms with Gasteiger partial charge in [0.2, 0.25) is 0 Å². The van der Waals surface area contributed by atoms with Gasteiger partial charge in [-0.15, -0.1) is 0 Å². The molecular weight excluding hydrogens is 308 g/mol. The third kappa shape index (κ3) is 8.27. The predicted octanol–water partition coefficient (Wildman–Crippen LogP) is 3.68. The highest BCUT2D eigenvalue weighted by atomic mass is 16.4. The molecule has 5 heteroatoms. The number of carbonyl (C=O) groups is 3. The largest absolute Gasteiger partial charge is 0.481 e. The zero-order valence-corrected chi connectivity index (χ0v) is 13.7. The summed E-state index contributed by atoms with van der Waals surface area (Å²) in [6.07, 6.45) is 16.5. The lowest BCUT2D eigenvalue weighted by Crippen LogP contribution is -2.01. The highest BCUT2D eigenvalue weighted by Gasteiger charge is 2.20. The molecule has 1 aliphatic rings. The minimum atomic E-state index is -0.799. The van der Waals surface area contributed by atoms with E-state index in [0.29, 0.717) is 25.7 Å².